The molecular formula is C26H60O3P2. The Kier molecular flexibility index (Phi) is 27.4. The van der Waals surface area contributed by atoms with Gasteiger partial charge in [0.1, 0.15) is 0 Å². The summed E-state index contributed by atoms with van der Waals surface area (Å²) in [5.74, 6) is 0.450. The molecule has 0 aliphatic carbocycles. The maximum atomic E-state index is 10.3. The quantitative estimate of drug-likeness (QED) is 0.131. The topological polar surface area (TPSA) is 46.5 Å². The first-order valence-electron chi connectivity index (χ1n) is 13.8. The summed E-state index contributed by atoms with van der Waals surface area (Å²) in [6.07, 6.45) is 25.6. The van der Waals surface area contributed by atoms with Crippen molar-refractivity contribution in [3.63, 3.8) is 0 Å². The Morgan fingerprint density at radius 1 is 0.677 bits per heavy atom. The van der Waals surface area contributed by atoms with Crippen molar-refractivity contribution < 1.29 is 14.0 Å². The second-order valence-corrected chi connectivity index (χ2v) is 15.4. The summed E-state index contributed by atoms with van der Waals surface area (Å²) in [5.41, 5.74) is 0. The molecule has 0 saturated carbocycles. The third-order valence-electron chi connectivity index (χ3n) is 6.73. The normalized spacial score (nSPS) is 14.0. The van der Waals surface area contributed by atoms with E-state index in [-0.39, 0.29) is 0 Å². The minimum absolute atomic E-state index is 0.435. The van der Waals surface area contributed by atoms with Crippen molar-refractivity contribution in [3.8, 4) is 0 Å². The maximum absolute atomic E-state index is 10.3. The molecule has 0 amide bonds. The first-order chi connectivity index (χ1) is 14.9. The number of rotatable bonds is 21. The van der Waals surface area contributed by atoms with Gasteiger partial charge >= 0.3 is 132 Å². The molecule has 0 aromatic rings. The average Bonchev–Trinajstić information content (AvgIpc) is 2.77. The van der Waals surface area contributed by atoms with E-state index in [0.29, 0.717) is 12.5 Å². The molecule has 0 aromatic carbocycles. The molecule has 3 nitrogen and oxygen atoms in total. The van der Waals surface area contributed by atoms with E-state index in [1.165, 1.54) is 77.0 Å². The van der Waals surface area contributed by atoms with Gasteiger partial charge in [-0.05, 0) is 12.3 Å². The van der Waals surface area contributed by atoms with E-state index in [0.717, 1.165) is 12.8 Å². The van der Waals surface area contributed by atoms with Crippen LogP contribution in [-0.4, -0.2) is 36.1 Å². The summed E-state index contributed by atoms with van der Waals surface area (Å²) in [7, 11) is -3.62. The molecule has 0 fully saturated rings. The summed E-state index contributed by atoms with van der Waals surface area (Å²) < 4.78 is 15.0. The average molecular weight is 483 g/mol. The molecular weight excluding hydrogens is 422 g/mol. The van der Waals surface area contributed by atoms with Crippen LogP contribution < -0.4 is 0 Å². The molecule has 192 valence electrons. The third kappa shape index (κ3) is 22.2. The molecule has 0 aromatic heterocycles. The van der Waals surface area contributed by atoms with E-state index in [9.17, 15) is 4.57 Å². The summed E-state index contributed by atoms with van der Waals surface area (Å²) >= 11 is 0. The van der Waals surface area contributed by atoms with E-state index < -0.39 is 15.5 Å². The van der Waals surface area contributed by atoms with Gasteiger partial charge in [0.05, 0.1) is 6.61 Å². The standard InChI is InChI=1S/C18H41P.C8H19O3P/c1-5-9-13-14-18-19(15-10-6-2,16-11-7-3)17-12-8-4;1-3-5-6-8(4-2)7-11-12(9)10/h19H,5-18H2,1-4H3;8,12H,3-7H2,1-2H3,(H,9,10). The van der Waals surface area contributed by atoms with Crippen LogP contribution in [0, 0.1) is 5.92 Å². The van der Waals surface area contributed by atoms with Crippen LogP contribution in [0.25, 0.3) is 0 Å². The number of unbranched alkanes of at least 4 members (excludes halogenated alkanes) is 7. The SMILES string of the molecule is CCCCC(CC)CO[PH](=O)O.CCCCCC[PH](CCCC)(CCCC)CCCC. The van der Waals surface area contributed by atoms with Gasteiger partial charge in [-0.25, -0.2) is 0 Å². The van der Waals surface area contributed by atoms with Crippen LogP contribution in [0.2, 0.25) is 0 Å². The van der Waals surface area contributed by atoms with E-state index in [1.54, 1.807) is 24.6 Å². The fourth-order valence-corrected chi connectivity index (χ4v) is 10.6. The van der Waals surface area contributed by atoms with Gasteiger partial charge in [0, 0.05) is 0 Å². The van der Waals surface area contributed by atoms with Gasteiger partial charge in [0.15, 0.2) is 0 Å². The summed E-state index contributed by atoms with van der Waals surface area (Å²) in [6, 6.07) is 0. The molecule has 31 heavy (non-hydrogen) atoms. The Balaban J connectivity index is 0. The Labute approximate surface area is 198 Å². The molecule has 0 radical (unpaired) electrons. The Morgan fingerprint density at radius 2 is 1.13 bits per heavy atom. The molecule has 0 rings (SSSR count). The molecule has 0 spiro atoms. The second kappa shape index (κ2) is 25.2. The fourth-order valence-electron chi connectivity index (χ4n) is 4.42. The minimum atomic E-state index is -2.71. The van der Waals surface area contributed by atoms with Gasteiger partial charge in [-0.2, -0.15) is 0 Å². The summed E-state index contributed by atoms with van der Waals surface area (Å²) in [5, 5.41) is 0. The van der Waals surface area contributed by atoms with Crippen molar-refractivity contribution in [2.75, 3.05) is 31.3 Å². The third-order valence-corrected chi connectivity index (χ3v) is 12.8. The van der Waals surface area contributed by atoms with Crippen LogP contribution >= 0.6 is 15.5 Å². The van der Waals surface area contributed by atoms with Gasteiger partial charge in [0.25, 0.3) is 0 Å². The van der Waals surface area contributed by atoms with Crippen LogP contribution in [0.4, 0.5) is 0 Å². The van der Waals surface area contributed by atoms with E-state index in [1.807, 2.05) is 0 Å². The summed E-state index contributed by atoms with van der Waals surface area (Å²) in [6.45, 7) is 14.1. The molecule has 0 saturated heterocycles. The zero-order chi connectivity index (χ0) is 23.8. The van der Waals surface area contributed by atoms with Gasteiger partial charge < -0.3 is 9.42 Å². The van der Waals surface area contributed by atoms with E-state index in [4.69, 9.17) is 9.42 Å². The van der Waals surface area contributed by atoms with Crippen molar-refractivity contribution >= 4 is 15.5 Å². The van der Waals surface area contributed by atoms with Crippen LogP contribution in [0.15, 0.2) is 0 Å². The van der Waals surface area contributed by atoms with Crippen LogP contribution in [0.5, 0.6) is 0 Å². The Morgan fingerprint density at radius 3 is 1.52 bits per heavy atom. The predicted octanol–water partition coefficient (Wildman–Crippen LogP) is 9.32. The van der Waals surface area contributed by atoms with E-state index in [2.05, 4.69) is 41.5 Å². The number of hydrogen-bond acceptors (Lipinski definition) is 2. The van der Waals surface area contributed by atoms with Gasteiger partial charge in [-0.1, -0.05) is 33.1 Å². The fraction of sp³-hybridized carbons (Fsp3) is 1.00. The predicted molar refractivity (Wildman–Crippen MR) is 147 cm³/mol. The zero-order valence-corrected chi connectivity index (χ0v) is 24.3. The van der Waals surface area contributed by atoms with Crippen molar-refractivity contribution in [1.82, 2.24) is 0 Å². The van der Waals surface area contributed by atoms with Crippen molar-refractivity contribution in [2.45, 2.75) is 131 Å². The summed E-state index contributed by atoms with van der Waals surface area (Å²) in [4.78, 5) is 8.45. The molecule has 0 aliphatic heterocycles. The van der Waals surface area contributed by atoms with Gasteiger partial charge in [0.2, 0.25) is 0 Å². The van der Waals surface area contributed by atoms with Crippen molar-refractivity contribution in [3.05, 3.63) is 0 Å². The van der Waals surface area contributed by atoms with Crippen molar-refractivity contribution in [1.29, 1.82) is 0 Å². The van der Waals surface area contributed by atoms with Crippen LogP contribution in [0.1, 0.15) is 131 Å². The first kappa shape index (κ1) is 33.8. The Hall–Kier alpha value is 0.580. The van der Waals surface area contributed by atoms with Gasteiger partial charge in [-0.3, -0.25) is 4.57 Å². The second-order valence-electron chi connectivity index (χ2n) is 9.61. The van der Waals surface area contributed by atoms with E-state index >= 15 is 0 Å². The van der Waals surface area contributed by atoms with Crippen LogP contribution in [0.3, 0.4) is 0 Å². The molecule has 1 N–H and O–H groups in total. The molecule has 0 heterocycles. The van der Waals surface area contributed by atoms with Gasteiger partial charge in [-0.15, -0.1) is 0 Å². The zero-order valence-electron chi connectivity index (χ0n) is 22.3. The first-order valence-corrected chi connectivity index (χ1v) is 17.9. The molecule has 0 aliphatic rings. The Bertz CT molecular complexity index is 356. The monoisotopic (exact) mass is 482 g/mol. The number of hydrogen-bond donors (Lipinski definition) is 1. The molecule has 2 unspecified atom stereocenters. The van der Waals surface area contributed by atoms with Crippen LogP contribution in [-0.2, 0) is 9.09 Å². The van der Waals surface area contributed by atoms with Crippen molar-refractivity contribution in [2.24, 2.45) is 5.92 Å². The molecule has 0 bridgehead atoms. The molecule has 2 atom stereocenters. The molecule has 5 heteroatoms.